The highest BCUT2D eigenvalue weighted by atomic mass is 31.2. The first-order valence-electron chi connectivity index (χ1n) is 41.4. The molecule has 0 aromatic rings. The number of allylic oxidation sites excluding steroid dienone is 28. The van der Waals surface area contributed by atoms with E-state index in [9.17, 15) is 43.2 Å². The molecule has 19 heteroatoms. The van der Waals surface area contributed by atoms with Gasteiger partial charge in [0, 0.05) is 25.7 Å². The monoisotopic (exact) mass is 1550 g/mol. The number of carbonyl (C=O) groups is 4. The minimum absolute atomic E-state index is 0.0000873. The van der Waals surface area contributed by atoms with Crippen molar-refractivity contribution in [1.82, 2.24) is 0 Å². The molecule has 3 N–H and O–H groups in total. The average Bonchev–Trinajstić information content (AvgIpc) is 0.901. The second-order valence-corrected chi connectivity index (χ2v) is 29.9. The molecular formula is C89H146O17P2. The van der Waals surface area contributed by atoms with Crippen molar-refractivity contribution in [3.8, 4) is 0 Å². The number of hydrogen-bond donors (Lipinski definition) is 3. The van der Waals surface area contributed by atoms with Crippen LogP contribution in [0.3, 0.4) is 0 Å². The Morgan fingerprint density at radius 1 is 0.259 bits per heavy atom. The second-order valence-electron chi connectivity index (χ2n) is 27.0. The van der Waals surface area contributed by atoms with E-state index in [1.54, 1.807) is 0 Å². The summed E-state index contributed by atoms with van der Waals surface area (Å²) in [6.07, 6.45) is 95.0. The van der Waals surface area contributed by atoms with E-state index in [0.717, 1.165) is 128 Å². The normalized spacial score (nSPS) is 14.7. The van der Waals surface area contributed by atoms with Crippen molar-refractivity contribution in [2.75, 3.05) is 39.6 Å². The van der Waals surface area contributed by atoms with Gasteiger partial charge >= 0.3 is 39.5 Å². The zero-order chi connectivity index (χ0) is 78.9. The lowest BCUT2D eigenvalue weighted by Crippen LogP contribution is -2.30. The molecule has 614 valence electrons. The van der Waals surface area contributed by atoms with E-state index >= 15 is 0 Å². The van der Waals surface area contributed by atoms with Crippen molar-refractivity contribution in [3.05, 3.63) is 170 Å². The van der Waals surface area contributed by atoms with Gasteiger partial charge in [-0.2, -0.15) is 0 Å². The van der Waals surface area contributed by atoms with Crippen LogP contribution in [-0.4, -0.2) is 96.7 Å². The number of ether oxygens (including phenoxy) is 4. The van der Waals surface area contributed by atoms with Crippen LogP contribution >= 0.6 is 15.6 Å². The fourth-order valence-electron chi connectivity index (χ4n) is 10.3. The van der Waals surface area contributed by atoms with Crippen LogP contribution in [-0.2, 0) is 65.4 Å². The molecule has 0 aromatic carbocycles. The molecule has 0 heterocycles. The maximum absolute atomic E-state index is 13.1. The molecule has 0 rings (SSSR count). The summed E-state index contributed by atoms with van der Waals surface area (Å²) >= 11 is 0. The molecule has 0 aliphatic rings. The minimum atomic E-state index is -5.02. The largest absolute Gasteiger partial charge is 0.472 e. The van der Waals surface area contributed by atoms with E-state index in [1.165, 1.54) is 83.5 Å². The number of carbonyl (C=O) groups excluding carboxylic acids is 4. The van der Waals surface area contributed by atoms with Gasteiger partial charge in [-0.05, 0) is 167 Å². The van der Waals surface area contributed by atoms with Gasteiger partial charge in [0.1, 0.15) is 19.3 Å². The number of esters is 4. The summed E-state index contributed by atoms with van der Waals surface area (Å²) in [7, 11) is -10.0. The first-order valence-corrected chi connectivity index (χ1v) is 44.4. The Bertz CT molecular complexity index is 2710. The van der Waals surface area contributed by atoms with Crippen LogP contribution in [0.25, 0.3) is 0 Å². The third-order valence-electron chi connectivity index (χ3n) is 16.6. The third-order valence-corrected chi connectivity index (χ3v) is 18.5. The SMILES string of the molecule is CCCCC/C=C\C/C=C\C/C=C\C/C=C\C/C=C\CCC(=O)OC[C@H](COP(=O)(O)OC[C@@H](O)COP(=O)(O)OC[C@@H](COC(=O)CCC/C=C\C/C=C\C/C=C\C/C=C\CCCCC)OC(=O)CCC/C=C\C/C=C\C/C=C\C/C=C\CCCCC)OC(=O)CCCCCCCCC/C=C\CCCCCC. The number of aliphatic hydroxyl groups is 1. The summed E-state index contributed by atoms with van der Waals surface area (Å²) in [5.74, 6) is -2.42. The molecule has 17 nitrogen and oxygen atoms in total. The van der Waals surface area contributed by atoms with Crippen LogP contribution in [0.4, 0.5) is 0 Å². The smallest absolute Gasteiger partial charge is 0.462 e. The van der Waals surface area contributed by atoms with Crippen molar-refractivity contribution >= 4 is 39.5 Å². The van der Waals surface area contributed by atoms with Gasteiger partial charge in [-0.1, -0.05) is 288 Å². The predicted molar refractivity (Wildman–Crippen MR) is 445 cm³/mol. The van der Waals surface area contributed by atoms with Crippen LogP contribution in [0.5, 0.6) is 0 Å². The van der Waals surface area contributed by atoms with E-state index in [-0.39, 0.29) is 25.7 Å². The quantitative estimate of drug-likeness (QED) is 0.0169. The maximum atomic E-state index is 13.1. The maximum Gasteiger partial charge on any atom is 0.472 e. The predicted octanol–water partition coefficient (Wildman–Crippen LogP) is 24.6. The topological polar surface area (TPSA) is 237 Å². The Kier molecular flexibility index (Phi) is 75.4. The molecule has 0 amide bonds. The molecule has 2 unspecified atom stereocenters. The van der Waals surface area contributed by atoms with Crippen LogP contribution in [0.15, 0.2) is 170 Å². The van der Waals surface area contributed by atoms with E-state index < -0.39 is 97.5 Å². The molecule has 0 spiro atoms. The van der Waals surface area contributed by atoms with E-state index in [0.29, 0.717) is 44.9 Å². The molecule has 0 aliphatic carbocycles. The molecule has 0 saturated heterocycles. The Hall–Kier alpha value is -5.58. The lowest BCUT2D eigenvalue weighted by atomic mass is 10.1. The second kappa shape index (κ2) is 79.5. The fourth-order valence-corrected chi connectivity index (χ4v) is 11.9. The summed E-state index contributed by atoms with van der Waals surface area (Å²) in [5.41, 5.74) is 0. The lowest BCUT2D eigenvalue weighted by Gasteiger charge is -2.21. The number of phosphoric ester groups is 2. The van der Waals surface area contributed by atoms with Crippen molar-refractivity contribution in [2.24, 2.45) is 0 Å². The third kappa shape index (κ3) is 78.5. The van der Waals surface area contributed by atoms with Crippen LogP contribution < -0.4 is 0 Å². The lowest BCUT2D eigenvalue weighted by molar-refractivity contribution is -0.161. The van der Waals surface area contributed by atoms with E-state index in [1.807, 2.05) is 36.5 Å². The minimum Gasteiger partial charge on any atom is -0.462 e. The summed E-state index contributed by atoms with van der Waals surface area (Å²) in [5, 5.41) is 10.7. The van der Waals surface area contributed by atoms with Gasteiger partial charge in [0.2, 0.25) is 0 Å². The van der Waals surface area contributed by atoms with Gasteiger partial charge in [-0.15, -0.1) is 0 Å². The van der Waals surface area contributed by atoms with Crippen molar-refractivity contribution in [3.63, 3.8) is 0 Å². The average molecular weight is 1550 g/mol. The zero-order valence-electron chi connectivity index (χ0n) is 67.2. The summed E-state index contributed by atoms with van der Waals surface area (Å²) in [6, 6.07) is 0. The van der Waals surface area contributed by atoms with Gasteiger partial charge < -0.3 is 33.8 Å². The van der Waals surface area contributed by atoms with Gasteiger partial charge in [0.05, 0.1) is 26.4 Å². The zero-order valence-corrected chi connectivity index (χ0v) is 69.0. The molecule has 0 radical (unpaired) electrons. The number of hydrogen-bond acceptors (Lipinski definition) is 15. The highest BCUT2D eigenvalue weighted by Crippen LogP contribution is 2.45. The van der Waals surface area contributed by atoms with Crippen molar-refractivity contribution in [1.29, 1.82) is 0 Å². The van der Waals surface area contributed by atoms with Crippen molar-refractivity contribution in [2.45, 2.75) is 329 Å². The highest BCUT2D eigenvalue weighted by Gasteiger charge is 2.30. The molecule has 0 fully saturated rings. The van der Waals surface area contributed by atoms with Crippen LogP contribution in [0.1, 0.15) is 310 Å². The van der Waals surface area contributed by atoms with Crippen LogP contribution in [0.2, 0.25) is 0 Å². The Labute approximate surface area is 654 Å². The summed E-state index contributed by atoms with van der Waals surface area (Å²) in [6.45, 7) is 4.56. The fraction of sp³-hybridized carbons (Fsp3) is 0.640. The molecule has 5 atom stereocenters. The molecule has 108 heavy (non-hydrogen) atoms. The standard InChI is InChI=1S/C89H146O17P2/c1-5-9-13-17-21-25-29-33-37-40-41-44-47-50-54-58-62-66-70-74-87(92)100-79-84(105-88(93)75-71-67-63-59-55-51-45-36-32-28-24-20-16-12-8-4)81-103-107(95,96)101-77-83(90)78-102-108(97,98)104-82-85(106-89(94)76-72-68-64-60-56-52-48-43-39-35-31-27-23-19-15-11-7-3)80-99-86(91)73-69-65-61-57-53-49-46-42-38-34-30-26-22-18-14-10-6-2/h21-23,25-28,32-35,37-39,41,44,46,48-50,52,54,57,60-62,64,66,83-85,90H,5-20,24,29-31,36,40,42-43,45,47,51,53,55-56,58-59,63,65,67-82H2,1-4H3,(H,95,96)(H,97,98)/b25-21-,26-22-,27-23-,32-28-,37-33-,38-34-,39-35-,44-41-,49-46-,52-48-,54-50-,61-57-,64-60-,66-62-/t83-,84-,85-/m1/s1. The molecule has 0 bridgehead atoms. The molecule has 0 saturated carbocycles. The number of unbranched alkanes of at least 4 members (excludes halogenated alkanes) is 22. The van der Waals surface area contributed by atoms with Crippen LogP contribution in [0, 0.1) is 0 Å². The molecule has 0 aromatic heterocycles. The molecular weight excluding hydrogens is 1400 g/mol. The number of rotatable bonds is 76. The first-order chi connectivity index (χ1) is 52.7. The number of aliphatic hydroxyl groups excluding tert-OH is 1. The van der Waals surface area contributed by atoms with E-state index in [2.05, 4.69) is 161 Å². The van der Waals surface area contributed by atoms with E-state index in [4.69, 9.17) is 37.0 Å². The molecule has 0 aliphatic heterocycles. The summed E-state index contributed by atoms with van der Waals surface area (Å²) < 4.78 is 68.5. The Morgan fingerprint density at radius 2 is 0.481 bits per heavy atom. The van der Waals surface area contributed by atoms with Gasteiger partial charge in [0.25, 0.3) is 0 Å². The first kappa shape index (κ1) is 102. The van der Waals surface area contributed by atoms with Gasteiger partial charge in [-0.3, -0.25) is 37.3 Å². The van der Waals surface area contributed by atoms with Gasteiger partial charge in [0.15, 0.2) is 12.2 Å². The Balaban J connectivity index is 5.55. The van der Waals surface area contributed by atoms with Gasteiger partial charge in [-0.25, -0.2) is 9.13 Å². The highest BCUT2D eigenvalue weighted by molar-refractivity contribution is 7.47. The summed E-state index contributed by atoms with van der Waals surface area (Å²) in [4.78, 5) is 73.1. The van der Waals surface area contributed by atoms with Crippen molar-refractivity contribution < 1.29 is 80.2 Å². The number of phosphoric acid groups is 2. The Morgan fingerprint density at radius 3 is 0.815 bits per heavy atom.